The molecule has 0 unspecified atom stereocenters. The van der Waals surface area contributed by atoms with Gasteiger partial charge in [0.25, 0.3) is 0 Å². The summed E-state index contributed by atoms with van der Waals surface area (Å²) in [6.07, 6.45) is 1.56. The second-order valence-corrected chi connectivity index (χ2v) is 5.66. The third-order valence-corrected chi connectivity index (χ3v) is 3.64. The van der Waals surface area contributed by atoms with E-state index in [4.69, 9.17) is 0 Å². The van der Waals surface area contributed by atoms with Crippen molar-refractivity contribution < 1.29 is 9.18 Å². The molecule has 0 aliphatic rings. The highest BCUT2D eigenvalue weighted by atomic mass is 79.9. The summed E-state index contributed by atoms with van der Waals surface area (Å²) in [5, 5.41) is 5.65. The Morgan fingerprint density at radius 3 is 3.05 bits per heavy atom. The Balaban J connectivity index is 1.92. The maximum atomic E-state index is 13.4. The first kappa shape index (κ1) is 13.9. The molecule has 1 aromatic heterocycles. The van der Waals surface area contributed by atoms with Crippen molar-refractivity contribution in [3.63, 3.8) is 0 Å². The van der Waals surface area contributed by atoms with E-state index in [-0.39, 0.29) is 18.1 Å². The van der Waals surface area contributed by atoms with Crippen molar-refractivity contribution in [2.45, 2.75) is 6.42 Å². The first-order valence-corrected chi connectivity index (χ1v) is 7.12. The first-order chi connectivity index (χ1) is 9.15. The lowest BCUT2D eigenvalue weighted by molar-refractivity contribution is -0.120. The van der Waals surface area contributed by atoms with Crippen molar-refractivity contribution in [3.05, 3.63) is 56.4 Å². The third kappa shape index (κ3) is 4.25. The maximum Gasteiger partial charge on any atom is 0.245 e. The fourth-order valence-electron chi connectivity index (χ4n) is 1.40. The van der Waals surface area contributed by atoms with Crippen LogP contribution in [0.5, 0.6) is 0 Å². The van der Waals surface area contributed by atoms with Gasteiger partial charge >= 0.3 is 0 Å². The van der Waals surface area contributed by atoms with Crippen molar-refractivity contribution >= 4 is 39.4 Å². The third-order valence-electron chi connectivity index (χ3n) is 2.27. The molecule has 1 aromatic carbocycles. The molecular formula is C13H10BrFN2OS. The Morgan fingerprint density at radius 1 is 1.47 bits per heavy atom. The van der Waals surface area contributed by atoms with Crippen LogP contribution in [0.1, 0.15) is 10.4 Å². The van der Waals surface area contributed by atoms with Crippen LogP contribution in [-0.2, 0) is 11.2 Å². The summed E-state index contributed by atoms with van der Waals surface area (Å²) in [6, 6.07) is 8.28. The molecule has 0 radical (unpaired) electrons. The molecule has 1 amide bonds. The molecule has 19 heavy (non-hydrogen) atoms. The van der Waals surface area contributed by atoms with Crippen LogP contribution in [-0.4, -0.2) is 12.1 Å². The molecule has 0 bridgehead atoms. The van der Waals surface area contributed by atoms with Gasteiger partial charge in [0.2, 0.25) is 5.91 Å². The summed E-state index contributed by atoms with van der Waals surface area (Å²) in [7, 11) is 0. The Kier molecular flexibility index (Phi) is 4.81. The van der Waals surface area contributed by atoms with Crippen molar-refractivity contribution in [1.29, 1.82) is 0 Å². The normalized spacial score (nSPS) is 10.8. The fraction of sp³-hybridized carbons (Fsp3) is 0.0769. The SMILES string of the molecule is O=C(Cc1cccs1)NN=Cc1cc(Br)ccc1F. The highest BCUT2D eigenvalue weighted by molar-refractivity contribution is 9.10. The van der Waals surface area contributed by atoms with Gasteiger partial charge in [-0.05, 0) is 29.6 Å². The van der Waals surface area contributed by atoms with Gasteiger partial charge in [-0.3, -0.25) is 4.79 Å². The molecule has 2 aromatic rings. The zero-order valence-electron chi connectivity index (χ0n) is 9.77. The topological polar surface area (TPSA) is 41.5 Å². The Hall–Kier alpha value is -1.53. The number of hydrazone groups is 1. The van der Waals surface area contributed by atoms with E-state index < -0.39 is 0 Å². The lowest BCUT2D eigenvalue weighted by Gasteiger charge is -1.99. The highest BCUT2D eigenvalue weighted by Gasteiger charge is 2.03. The molecule has 6 heteroatoms. The van der Waals surface area contributed by atoms with Crippen LogP contribution in [0.15, 0.2) is 45.3 Å². The van der Waals surface area contributed by atoms with Crippen molar-refractivity contribution in [3.8, 4) is 0 Å². The molecule has 0 saturated carbocycles. The van der Waals surface area contributed by atoms with E-state index in [2.05, 4.69) is 26.5 Å². The molecule has 0 saturated heterocycles. The van der Waals surface area contributed by atoms with Gasteiger partial charge in [0, 0.05) is 14.9 Å². The molecular weight excluding hydrogens is 331 g/mol. The minimum atomic E-state index is -0.389. The van der Waals surface area contributed by atoms with Gasteiger partial charge in [-0.2, -0.15) is 5.10 Å². The maximum absolute atomic E-state index is 13.4. The number of carbonyl (C=O) groups excluding carboxylic acids is 1. The molecule has 0 fully saturated rings. The van der Waals surface area contributed by atoms with E-state index in [0.717, 1.165) is 9.35 Å². The van der Waals surface area contributed by atoms with Crippen LogP contribution in [0, 0.1) is 5.82 Å². The predicted octanol–water partition coefficient (Wildman–Crippen LogP) is 3.34. The number of benzene rings is 1. The molecule has 0 spiro atoms. The van der Waals surface area contributed by atoms with Crippen molar-refractivity contribution in [2.75, 3.05) is 0 Å². The van der Waals surface area contributed by atoms with Gasteiger partial charge in [0.15, 0.2) is 0 Å². The summed E-state index contributed by atoms with van der Waals surface area (Å²) in [4.78, 5) is 12.5. The molecule has 3 nitrogen and oxygen atoms in total. The lowest BCUT2D eigenvalue weighted by atomic mass is 10.2. The summed E-state index contributed by atoms with van der Waals surface area (Å²) in [6.45, 7) is 0. The smallest absolute Gasteiger partial charge is 0.245 e. The van der Waals surface area contributed by atoms with Crippen LogP contribution < -0.4 is 5.43 Å². The van der Waals surface area contributed by atoms with Crippen LogP contribution >= 0.6 is 27.3 Å². The van der Waals surface area contributed by atoms with E-state index in [0.29, 0.717) is 5.56 Å². The zero-order valence-corrected chi connectivity index (χ0v) is 12.2. The van der Waals surface area contributed by atoms with Gasteiger partial charge < -0.3 is 0 Å². The summed E-state index contributed by atoms with van der Waals surface area (Å²) in [5.74, 6) is -0.617. The Bertz CT molecular complexity index is 599. The number of nitrogens with zero attached hydrogens (tertiary/aromatic N) is 1. The Labute approximate surface area is 122 Å². The summed E-state index contributed by atoms with van der Waals surface area (Å²) < 4.78 is 14.1. The molecule has 2 rings (SSSR count). The number of rotatable bonds is 4. The second-order valence-electron chi connectivity index (χ2n) is 3.72. The van der Waals surface area contributed by atoms with Crippen molar-refractivity contribution in [1.82, 2.24) is 5.43 Å². The average molecular weight is 341 g/mol. The largest absolute Gasteiger partial charge is 0.273 e. The fourth-order valence-corrected chi connectivity index (χ4v) is 2.48. The second kappa shape index (κ2) is 6.58. The molecule has 0 atom stereocenters. The quantitative estimate of drug-likeness (QED) is 0.673. The van der Waals surface area contributed by atoms with Crippen molar-refractivity contribution in [2.24, 2.45) is 5.10 Å². The molecule has 1 N–H and O–H groups in total. The van der Waals surface area contributed by atoms with Gasteiger partial charge in [-0.15, -0.1) is 11.3 Å². The van der Waals surface area contributed by atoms with Gasteiger partial charge in [0.05, 0.1) is 12.6 Å². The van der Waals surface area contributed by atoms with Gasteiger partial charge in [-0.1, -0.05) is 22.0 Å². The minimum absolute atomic E-state index is 0.228. The van der Waals surface area contributed by atoms with E-state index in [1.54, 1.807) is 12.1 Å². The molecule has 0 aliphatic heterocycles. The van der Waals surface area contributed by atoms with E-state index in [1.807, 2.05) is 17.5 Å². The first-order valence-electron chi connectivity index (χ1n) is 5.44. The zero-order chi connectivity index (χ0) is 13.7. The number of carbonyl (C=O) groups is 1. The summed E-state index contributed by atoms with van der Waals surface area (Å²) in [5.41, 5.74) is 2.68. The van der Waals surface area contributed by atoms with Crippen LogP contribution in [0.3, 0.4) is 0 Å². The Morgan fingerprint density at radius 2 is 2.32 bits per heavy atom. The number of thiophene rings is 1. The number of hydrogen-bond acceptors (Lipinski definition) is 3. The number of nitrogens with one attached hydrogen (secondary N) is 1. The standard InChI is InChI=1S/C13H10BrFN2OS/c14-10-3-4-12(15)9(6-10)8-16-17-13(18)7-11-2-1-5-19-11/h1-6,8H,7H2,(H,17,18). The summed E-state index contributed by atoms with van der Waals surface area (Å²) >= 11 is 4.75. The predicted molar refractivity (Wildman–Crippen MR) is 77.9 cm³/mol. The van der Waals surface area contributed by atoms with Crippen LogP contribution in [0.2, 0.25) is 0 Å². The lowest BCUT2D eigenvalue weighted by Crippen LogP contribution is -2.19. The van der Waals surface area contributed by atoms with E-state index in [9.17, 15) is 9.18 Å². The van der Waals surface area contributed by atoms with Gasteiger partial charge in [0.1, 0.15) is 5.82 Å². The van der Waals surface area contributed by atoms with Gasteiger partial charge in [-0.25, -0.2) is 9.82 Å². The number of amides is 1. The molecule has 0 aliphatic carbocycles. The molecule has 98 valence electrons. The van der Waals surface area contributed by atoms with Crippen LogP contribution in [0.4, 0.5) is 4.39 Å². The molecule has 1 heterocycles. The minimum Gasteiger partial charge on any atom is -0.273 e. The average Bonchev–Trinajstić information content (AvgIpc) is 2.86. The van der Waals surface area contributed by atoms with Crippen LogP contribution in [0.25, 0.3) is 0 Å². The monoisotopic (exact) mass is 340 g/mol. The number of hydrogen-bond donors (Lipinski definition) is 1. The highest BCUT2D eigenvalue weighted by Crippen LogP contribution is 2.13. The number of halogens is 2. The van der Waals surface area contributed by atoms with E-state index >= 15 is 0 Å². The van der Waals surface area contributed by atoms with E-state index in [1.165, 1.54) is 23.6 Å².